The van der Waals surface area contributed by atoms with Gasteiger partial charge in [-0.2, -0.15) is 0 Å². The van der Waals surface area contributed by atoms with E-state index in [0.29, 0.717) is 18.0 Å². The minimum atomic E-state index is -0.454. The topological polar surface area (TPSA) is 70.6 Å². The quantitative estimate of drug-likeness (QED) is 0.759. The van der Waals surface area contributed by atoms with Gasteiger partial charge in [0.2, 0.25) is 0 Å². The predicted molar refractivity (Wildman–Crippen MR) is 74.5 cm³/mol. The molecule has 1 aliphatic rings. The number of amides is 1. The number of hydrogen-bond acceptors (Lipinski definition) is 4. The Labute approximate surface area is 113 Å². The number of nitrogens with one attached hydrogen (secondary N) is 2. The number of hydrogen-bond donors (Lipinski definition) is 3. The Morgan fingerprint density at radius 3 is 3.00 bits per heavy atom. The van der Waals surface area contributed by atoms with Gasteiger partial charge in [0.25, 0.3) is 5.91 Å². The molecule has 5 nitrogen and oxygen atoms in total. The molecule has 0 aliphatic carbocycles. The molecule has 5 heteroatoms. The molecule has 104 valence electrons. The second kappa shape index (κ2) is 5.93. The molecule has 1 aliphatic heterocycles. The summed E-state index contributed by atoms with van der Waals surface area (Å²) < 4.78 is 5.49. The number of carbonyl (C=O) groups excluding carboxylic acids is 1. The first-order chi connectivity index (χ1) is 9.13. The summed E-state index contributed by atoms with van der Waals surface area (Å²) in [4.78, 5) is 11.5. The fraction of sp³-hybridized carbons (Fsp3) is 0.500. The SMILES string of the molecule is CCC(CO)CNc1ccc2c(c1)NC(=O)C(C)O2. The van der Waals surface area contributed by atoms with Crippen LogP contribution in [0.1, 0.15) is 20.3 Å². The highest BCUT2D eigenvalue weighted by Crippen LogP contribution is 2.32. The van der Waals surface area contributed by atoms with Gasteiger partial charge in [-0.25, -0.2) is 0 Å². The van der Waals surface area contributed by atoms with E-state index in [9.17, 15) is 4.79 Å². The van der Waals surface area contributed by atoms with Gasteiger partial charge in [-0.3, -0.25) is 4.79 Å². The number of benzene rings is 1. The van der Waals surface area contributed by atoms with Crippen LogP contribution in [-0.2, 0) is 4.79 Å². The third-order valence-electron chi connectivity index (χ3n) is 3.34. The number of ether oxygens (including phenoxy) is 1. The highest BCUT2D eigenvalue weighted by molar-refractivity contribution is 5.98. The molecule has 19 heavy (non-hydrogen) atoms. The van der Waals surface area contributed by atoms with Gasteiger partial charge in [0.05, 0.1) is 5.69 Å². The van der Waals surface area contributed by atoms with Crippen LogP contribution in [0.4, 0.5) is 11.4 Å². The van der Waals surface area contributed by atoms with E-state index in [2.05, 4.69) is 10.6 Å². The van der Waals surface area contributed by atoms with Crippen LogP contribution in [0.5, 0.6) is 5.75 Å². The Morgan fingerprint density at radius 2 is 2.32 bits per heavy atom. The predicted octanol–water partition coefficient (Wildman–Crippen LogP) is 1.84. The molecular formula is C14H20N2O3. The van der Waals surface area contributed by atoms with Gasteiger partial charge in [-0.15, -0.1) is 0 Å². The van der Waals surface area contributed by atoms with Crippen molar-refractivity contribution in [2.75, 3.05) is 23.8 Å². The highest BCUT2D eigenvalue weighted by Gasteiger charge is 2.23. The largest absolute Gasteiger partial charge is 0.479 e. The molecule has 0 fully saturated rings. The van der Waals surface area contributed by atoms with Crippen molar-refractivity contribution in [3.05, 3.63) is 18.2 Å². The summed E-state index contributed by atoms with van der Waals surface area (Å²) in [6.07, 6.45) is 0.469. The van der Waals surface area contributed by atoms with Gasteiger partial charge in [0.1, 0.15) is 5.75 Å². The first-order valence-corrected chi connectivity index (χ1v) is 6.60. The van der Waals surface area contributed by atoms with Crippen molar-refractivity contribution >= 4 is 17.3 Å². The molecule has 3 N–H and O–H groups in total. The number of fused-ring (bicyclic) bond motifs is 1. The summed E-state index contributed by atoms with van der Waals surface area (Å²) in [6.45, 7) is 4.64. The number of aliphatic hydroxyl groups is 1. The van der Waals surface area contributed by atoms with Crippen LogP contribution in [0, 0.1) is 5.92 Å². The number of carbonyl (C=O) groups is 1. The molecule has 0 saturated carbocycles. The molecule has 1 aromatic carbocycles. The smallest absolute Gasteiger partial charge is 0.265 e. The van der Waals surface area contributed by atoms with Gasteiger partial charge in [0.15, 0.2) is 6.10 Å². The van der Waals surface area contributed by atoms with Gasteiger partial charge in [-0.05, 0) is 37.5 Å². The van der Waals surface area contributed by atoms with Crippen LogP contribution >= 0.6 is 0 Å². The van der Waals surface area contributed by atoms with Crippen molar-refractivity contribution in [1.82, 2.24) is 0 Å². The number of anilines is 2. The Balaban J connectivity index is 2.05. The lowest BCUT2D eigenvalue weighted by atomic mass is 10.1. The van der Waals surface area contributed by atoms with Crippen LogP contribution in [0.15, 0.2) is 18.2 Å². The molecule has 2 unspecified atom stereocenters. The third kappa shape index (κ3) is 3.17. The first kappa shape index (κ1) is 13.7. The lowest BCUT2D eigenvalue weighted by molar-refractivity contribution is -0.122. The summed E-state index contributed by atoms with van der Waals surface area (Å²) >= 11 is 0. The molecule has 0 aromatic heterocycles. The molecule has 0 spiro atoms. The van der Waals surface area contributed by atoms with E-state index in [1.54, 1.807) is 6.92 Å². The Hall–Kier alpha value is -1.75. The highest BCUT2D eigenvalue weighted by atomic mass is 16.5. The Morgan fingerprint density at radius 1 is 1.53 bits per heavy atom. The van der Waals surface area contributed by atoms with E-state index < -0.39 is 6.10 Å². The van der Waals surface area contributed by atoms with Gasteiger partial charge >= 0.3 is 0 Å². The fourth-order valence-electron chi connectivity index (χ4n) is 1.92. The maximum absolute atomic E-state index is 11.5. The van der Waals surface area contributed by atoms with E-state index in [0.717, 1.165) is 12.1 Å². The average Bonchev–Trinajstić information content (AvgIpc) is 2.41. The van der Waals surface area contributed by atoms with Gasteiger partial charge in [-0.1, -0.05) is 6.92 Å². The Bertz CT molecular complexity index is 458. The summed E-state index contributed by atoms with van der Waals surface area (Å²) in [5.74, 6) is 0.792. The lowest BCUT2D eigenvalue weighted by Crippen LogP contribution is -2.34. The zero-order chi connectivity index (χ0) is 13.8. The van der Waals surface area contributed by atoms with E-state index in [-0.39, 0.29) is 18.4 Å². The van der Waals surface area contributed by atoms with Crippen LogP contribution in [-0.4, -0.2) is 30.3 Å². The van der Waals surface area contributed by atoms with E-state index in [4.69, 9.17) is 9.84 Å². The van der Waals surface area contributed by atoms with E-state index in [1.807, 2.05) is 25.1 Å². The standard InChI is InChI=1S/C14H20N2O3/c1-3-10(8-17)7-15-11-4-5-13-12(6-11)16-14(18)9(2)19-13/h4-6,9-10,15,17H,3,7-8H2,1-2H3,(H,16,18). The third-order valence-corrected chi connectivity index (χ3v) is 3.34. The fourth-order valence-corrected chi connectivity index (χ4v) is 1.92. The second-order valence-corrected chi connectivity index (χ2v) is 4.80. The summed E-state index contributed by atoms with van der Waals surface area (Å²) in [7, 11) is 0. The maximum Gasteiger partial charge on any atom is 0.265 e. The molecule has 1 aromatic rings. The van der Waals surface area contributed by atoms with Crippen LogP contribution in [0.3, 0.4) is 0 Å². The molecule has 0 radical (unpaired) electrons. The summed E-state index contributed by atoms with van der Waals surface area (Å²) in [5, 5.41) is 15.2. The minimum Gasteiger partial charge on any atom is -0.479 e. The molecule has 0 bridgehead atoms. The zero-order valence-corrected chi connectivity index (χ0v) is 11.3. The van der Waals surface area contributed by atoms with Crippen molar-refractivity contribution in [2.45, 2.75) is 26.4 Å². The van der Waals surface area contributed by atoms with Crippen molar-refractivity contribution in [3.63, 3.8) is 0 Å². The number of rotatable bonds is 5. The monoisotopic (exact) mass is 264 g/mol. The van der Waals surface area contributed by atoms with Crippen LogP contribution < -0.4 is 15.4 Å². The van der Waals surface area contributed by atoms with Crippen molar-refractivity contribution in [3.8, 4) is 5.75 Å². The van der Waals surface area contributed by atoms with Crippen molar-refractivity contribution in [1.29, 1.82) is 0 Å². The Kier molecular flexibility index (Phi) is 4.27. The molecule has 0 saturated heterocycles. The summed E-state index contributed by atoms with van der Waals surface area (Å²) in [5.41, 5.74) is 1.59. The van der Waals surface area contributed by atoms with Gasteiger partial charge < -0.3 is 20.5 Å². The first-order valence-electron chi connectivity index (χ1n) is 6.60. The van der Waals surface area contributed by atoms with E-state index >= 15 is 0 Å². The minimum absolute atomic E-state index is 0.133. The average molecular weight is 264 g/mol. The van der Waals surface area contributed by atoms with Crippen LogP contribution in [0.2, 0.25) is 0 Å². The lowest BCUT2D eigenvalue weighted by Gasteiger charge is -2.24. The normalized spacial score (nSPS) is 19.1. The van der Waals surface area contributed by atoms with Crippen LogP contribution in [0.25, 0.3) is 0 Å². The molecule has 1 amide bonds. The summed E-state index contributed by atoms with van der Waals surface area (Å²) in [6, 6.07) is 5.60. The van der Waals surface area contributed by atoms with Crippen molar-refractivity contribution < 1.29 is 14.6 Å². The molecule has 2 rings (SSSR count). The molecule has 1 heterocycles. The number of aliphatic hydroxyl groups excluding tert-OH is 1. The molecular weight excluding hydrogens is 244 g/mol. The molecule has 2 atom stereocenters. The zero-order valence-electron chi connectivity index (χ0n) is 11.3. The maximum atomic E-state index is 11.5. The van der Waals surface area contributed by atoms with Gasteiger partial charge in [0, 0.05) is 18.8 Å². The van der Waals surface area contributed by atoms with Crippen molar-refractivity contribution in [2.24, 2.45) is 5.92 Å². The second-order valence-electron chi connectivity index (χ2n) is 4.80. The van der Waals surface area contributed by atoms with E-state index in [1.165, 1.54) is 0 Å².